The number of hydrogen-bond donors (Lipinski definition) is 1. The van der Waals surface area contributed by atoms with E-state index in [1.54, 1.807) is 35.4 Å². The first-order valence-electron chi connectivity index (χ1n) is 8.91. The minimum Gasteiger partial charge on any atom is -0.467 e. The van der Waals surface area contributed by atoms with Crippen LogP contribution in [0.4, 0.5) is 17.1 Å². The van der Waals surface area contributed by atoms with Crippen molar-refractivity contribution in [3.05, 3.63) is 88.4 Å². The van der Waals surface area contributed by atoms with E-state index < -0.39 is 4.92 Å². The monoisotopic (exact) mass is 379 g/mol. The standard InChI is InChI=1S/C21H21N3O4/c1-16-8-10-17(11-9-16)23(15-18-5-4-14-28-18)21(25)12-13-22-19-6-2-3-7-20(19)24(26)27/h2-11,14,22H,12-13,15H2,1H3. The van der Waals surface area contributed by atoms with E-state index in [4.69, 9.17) is 4.42 Å². The summed E-state index contributed by atoms with van der Waals surface area (Å²) >= 11 is 0. The lowest BCUT2D eigenvalue weighted by Crippen LogP contribution is -2.31. The number of aryl methyl sites for hydroxylation is 1. The van der Waals surface area contributed by atoms with Crippen molar-refractivity contribution >= 4 is 23.0 Å². The molecule has 0 saturated carbocycles. The summed E-state index contributed by atoms with van der Waals surface area (Å²) in [6.07, 6.45) is 1.75. The van der Waals surface area contributed by atoms with Crippen molar-refractivity contribution in [2.75, 3.05) is 16.8 Å². The maximum Gasteiger partial charge on any atom is 0.292 e. The number of benzene rings is 2. The van der Waals surface area contributed by atoms with Crippen molar-refractivity contribution in [2.45, 2.75) is 19.9 Å². The summed E-state index contributed by atoms with van der Waals surface area (Å²) in [6, 6.07) is 17.7. The van der Waals surface area contributed by atoms with Gasteiger partial charge in [-0.25, -0.2) is 0 Å². The highest BCUT2D eigenvalue weighted by atomic mass is 16.6. The normalized spacial score (nSPS) is 10.5. The quantitative estimate of drug-likeness (QED) is 0.459. The highest BCUT2D eigenvalue weighted by molar-refractivity contribution is 5.93. The van der Waals surface area contributed by atoms with Gasteiger partial charge in [-0.15, -0.1) is 0 Å². The molecule has 1 aromatic heterocycles. The number of nitro benzene ring substituents is 1. The molecule has 0 bridgehead atoms. The van der Waals surface area contributed by atoms with Gasteiger partial charge in [0.25, 0.3) is 5.69 Å². The molecule has 2 aromatic carbocycles. The van der Waals surface area contributed by atoms with Crippen molar-refractivity contribution in [2.24, 2.45) is 0 Å². The Balaban J connectivity index is 1.69. The van der Waals surface area contributed by atoms with Gasteiger partial charge in [0, 0.05) is 24.7 Å². The molecule has 0 aliphatic carbocycles. The number of nitrogens with one attached hydrogen (secondary N) is 1. The van der Waals surface area contributed by atoms with Crippen LogP contribution in [0.5, 0.6) is 0 Å². The average Bonchev–Trinajstić information content (AvgIpc) is 3.20. The smallest absolute Gasteiger partial charge is 0.292 e. The summed E-state index contributed by atoms with van der Waals surface area (Å²) in [5.41, 5.74) is 2.26. The molecule has 0 fully saturated rings. The van der Waals surface area contributed by atoms with E-state index in [9.17, 15) is 14.9 Å². The number of rotatable bonds is 8. The van der Waals surface area contributed by atoms with Crippen molar-refractivity contribution in [1.82, 2.24) is 0 Å². The van der Waals surface area contributed by atoms with Crippen molar-refractivity contribution in [3.63, 3.8) is 0 Å². The van der Waals surface area contributed by atoms with E-state index >= 15 is 0 Å². The zero-order valence-electron chi connectivity index (χ0n) is 15.5. The lowest BCUT2D eigenvalue weighted by atomic mass is 10.2. The topological polar surface area (TPSA) is 88.6 Å². The molecule has 0 aliphatic heterocycles. The van der Waals surface area contributed by atoms with Gasteiger partial charge in [-0.1, -0.05) is 29.8 Å². The first-order valence-corrected chi connectivity index (χ1v) is 8.91. The Morgan fingerprint density at radius 2 is 1.86 bits per heavy atom. The summed E-state index contributed by atoms with van der Waals surface area (Å²) in [5.74, 6) is 0.576. The number of hydrogen-bond acceptors (Lipinski definition) is 5. The molecular weight excluding hydrogens is 358 g/mol. The molecule has 1 N–H and O–H groups in total. The third-order valence-electron chi connectivity index (χ3n) is 4.30. The Morgan fingerprint density at radius 1 is 1.11 bits per heavy atom. The number of amides is 1. The van der Waals surface area contributed by atoms with Gasteiger partial charge >= 0.3 is 0 Å². The van der Waals surface area contributed by atoms with E-state index in [1.807, 2.05) is 37.3 Å². The van der Waals surface area contributed by atoms with Crippen LogP contribution in [0.3, 0.4) is 0 Å². The van der Waals surface area contributed by atoms with Crippen LogP contribution < -0.4 is 10.2 Å². The second-order valence-electron chi connectivity index (χ2n) is 6.35. The number of anilines is 2. The van der Waals surface area contributed by atoms with Gasteiger partial charge in [0.05, 0.1) is 17.7 Å². The molecule has 28 heavy (non-hydrogen) atoms. The predicted octanol–water partition coefficient (Wildman–Crippen LogP) is 4.53. The van der Waals surface area contributed by atoms with Gasteiger partial charge in [0.2, 0.25) is 5.91 Å². The van der Waals surface area contributed by atoms with Crippen LogP contribution in [0, 0.1) is 17.0 Å². The Kier molecular flexibility index (Phi) is 6.06. The van der Waals surface area contributed by atoms with Crippen LogP contribution in [0.15, 0.2) is 71.3 Å². The number of nitrogens with zero attached hydrogens (tertiary/aromatic N) is 2. The van der Waals surface area contributed by atoms with Gasteiger partial charge in [-0.05, 0) is 37.3 Å². The Labute approximate surface area is 162 Å². The van der Waals surface area contributed by atoms with Gasteiger partial charge in [0.1, 0.15) is 11.4 Å². The van der Waals surface area contributed by atoms with Crippen LogP contribution in [0.25, 0.3) is 0 Å². The first-order chi connectivity index (χ1) is 13.5. The molecule has 7 heteroatoms. The van der Waals surface area contributed by atoms with Crippen LogP contribution in [0.2, 0.25) is 0 Å². The fraction of sp³-hybridized carbons (Fsp3) is 0.190. The third-order valence-corrected chi connectivity index (χ3v) is 4.30. The highest BCUT2D eigenvalue weighted by Crippen LogP contribution is 2.23. The van der Waals surface area contributed by atoms with Gasteiger partial charge in [-0.3, -0.25) is 14.9 Å². The molecule has 144 valence electrons. The Hall–Kier alpha value is -3.61. The Morgan fingerprint density at radius 3 is 2.54 bits per heavy atom. The molecule has 0 unspecified atom stereocenters. The molecule has 1 heterocycles. The fourth-order valence-electron chi connectivity index (χ4n) is 2.83. The summed E-state index contributed by atoms with van der Waals surface area (Å²) in [5, 5.41) is 14.1. The van der Waals surface area contributed by atoms with Crippen molar-refractivity contribution in [3.8, 4) is 0 Å². The van der Waals surface area contributed by atoms with Gasteiger partial charge in [0.15, 0.2) is 0 Å². The third kappa shape index (κ3) is 4.76. The molecule has 1 amide bonds. The minimum absolute atomic E-state index is 0.0130. The lowest BCUT2D eigenvalue weighted by Gasteiger charge is -2.22. The lowest BCUT2D eigenvalue weighted by molar-refractivity contribution is -0.384. The minimum atomic E-state index is -0.445. The fourth-order valence-corrected chi connectivity index (χ4v) is 2.83. The number of para-hydroxylation sites is 2. The largest absolute Gasteiger partial charge is 0.467 e. The Bertz CT molecular complexity index is 937. The zero-order valence-corrected chi connectivity index (χ0v) is 15.5. The maximum absolute atomic E-state index is 12.9. The highest BCUT2D eigenvalue weighted by Gasteiger charge is 2.18. The zero-order chi connectivity index (χ0) is 19.9. The second kappa shape index (κ2) is 8.85. The molecule has 7 nitrogen and oxygen atoms in total. The summed E-state index contributed by atoms with van der Waals surface area (Å²) < 4.78 is 5.39. The van der Waals surface area contributed by atoms with Crippen LogP contribution in [-0.4, -0.2) is 17.4 Å². The second-order valence-corrected chi connectivity index (χ2v) is 6.35. The SMILES string of the molecule is Cc1ccc(N(Cc2ccco2)C(=O)CCNc2ccccc2[N+](=O)[O-])cc1. The molecule has 0 spiro atoms. The number of carbonyl (C=O) groups is 1. The molecule has 0 aliphatic rings. The molecular formula is C21H21N3O4. The molecule has 0 atom stereocenters. The average molecular weight is 379 g/mol. The number of carbonyl (C=O) groups excluding carboxylic acids is 1. The van der Waals surface area contributed by atoms with E-state index in [2.05, 4.69) is 5.32 Å². The number of nitro groups is 1. The summed E-state index contributed by atoms with van der Waals surface area (Å²) in [4.78, 5) is 25.2. The van der Waals surface area contributed by atoms with Crippen molar-refractivity contribution in [1.29, 1.82) is 0 Å². The molecule has 0 saturated heterocycles. The van der Waals surface area contributed by atoms with Crippen LogP contribution in [-0.2, 0) is 11.3 Å². The predicted molar refractivity (Wildman–Crippen MR) is 107 cm³/mol. The first kappa shape index (κ1) is 19.2. The molecule has 3 rings (SSSR count). The van der Waals surface area contributed by atoms with E-state index in [0.29, 0.717) is 18.0 Å². The van der Waals surface area contributed by atoms with Gasteiger partial charge in [-0.2, -0.15) is 0 Å². The number of furan rings is 1. The van der Waals surface area contributed by atoms with E-state index in [-0.39, 0.29) is 24.6 Å². The van der Waals surface area contributed by atoms with Gasteiger partial charge < -0.3 is 14.6 Å². The van der Waals surface area contributed by atoms with Crippen LogP contribution in [0.1, 0.15) is 17.7 Å². The summed E-state index contributed by atoms with van der Waals surface area (Å²) in [7, 11) is 0. The maximum atomic E-state index is 12.9. The van der Waals surface area contributed by atoms with E-state index in [0.717, 1.165) is 11.3 Å². The molecule has 3 aromatic rings. The van der Waals surface area contributed by atoms with Crippen LogP contribution >= 0.6 is 0 Å². The molecule has 0 radical (unpaired) electrons. The summed E-state index contributed by atoms with van der Waals surface area (Å²) in [6.45, 7) is 2.59. The van der Waals surface area contributed by atoms with E-state index in [1.165, 1.54) is 6.07 Å². The van der Waals surface area contributed by atoms with Crippen molar-refractivity contribution < 1.29 is 14.1 Å².